The van der Waals surface area contributed by atoms with Crippen molar-refractivity contribution in [3.8, 4) is 0 Å². The Hall–Kier alpha value is -2.18. The van der Waals surface area contributed by atoms with E-state index in [0.29, 0.717) is 18.4 Å². The quantitative estimate of drug-likeness (QED) is 0.353. The van der Waals surface area contributed by atoms with Crippen LogP contribution in [0.2, 0.25) is 0 Å². The monoisotopic (exact) mass is 576 g/mol. The van der Waals surface area contributed by atoms with Crippen LogP contribution >= 0.6 is 0 Å². The van der Waals surface area contributed by atoms with Crippen molar-refractivity contribution in [1.82, 2.24) is 5.32 Å². The van der Waals surface area contributed by atoms with Crippen molar-refractivity contribution in [3.63, 3.8) is 0 Å². The molecule has 4 aliphatic carbocycles. The van der Waals surface area contributed by atoms with E-state index in [1.165, 1.54) is 30.4 Å². The van der Waals surface area contributed by atoms with Crippen LogP contribution in [-0.4, -0.2) is 48.2 Å². The van der Waals surface area contributed by atoms with E-state index in [1.54, 1.807) is 0 Å². The van der Waals surface area contributed by atoms with Gasteiger partial charge in [-0.2, -0.15) is 0 Å². The molecule has 0 radical (unpaired) electrons. The lowest BCUT2D eigenvalue weighted by Gasteiger charge is -2.57. The molecule has 1 saturated heterocycles. The Bertz CT molecular complexity index is 1210. The molecule has 2 N–H and O–H groups in total. The first-order chi connectivity index (χ1) is 20.0. The van der Waals surface area contributed by atoms with Crippen molar-refractivity contribution in [2.24, 2.45) is 33.7 Å². The summed E-state index contributed by atoms with van der Waals surface area (Å²) in [6, 6.07) is 10.7. The number of rotatable bonds is 7. The number of carbonyl (C=O) groups excluding carboxylic acids is 1. The third-order valence-electron chi connectivity index (χ3n) is 12.5. The topological polar surface area (TPSA) is 80.2 Å². The second kappa shape index (κ2) is 11.4. The number of nitrogens with zero attached hydrogens (tertiary/aromatic N) is 1. The molecule has 1 heterocycles. The number of benzene rings is 1. The zero-order chi connectivity index (χ0) is 29.6. The smallest absolute Gasteiger partial charge is 0.260 e. The highest BCUT2D eigenvalue weighted by Gasteiger charge is 2.58. The standard InChI is InChI=1S/C36H52N2O4/c1-33(2)24-36(19-21-41-33,25-8-6-5-7-9-25)18-20-37-32(40)23-42-38-27-14-16-34(3)26(22-27)10-11-28-29-12-13-31(39)35(29,4)17-15-30(28)34/h5-9,22,28-31,39H,10-21,23-24H2,1-4H3,(H,37,40)/t28-,29+,30+,31-,34+,35+,36-/m1/s1. The van der Waals surface area contributed by atoms with E-state index in [4.69, 9.17) is 9.57 Å². The normalized spacial score (nSPS) is 39.9. The number of amides is 1. The van der Waals surface area contributed by atoms with Gasteiger partial charge in [0, 0.05) is 18.6 Å². The van der Waals surface area contributed by atoms with Crippen LogP contribution in [0.1, 0.15) is 104 Å². The van der Waals surface area contributed by atoms with Crippen molar-refractivity contribution in [2.45, 2.75) is 115 Å². The van der Waals surface area contributed by atoms with Crippen LogP contribution in [0.15, 0.2) is 47.1 Å². The summed E-state index contributed by atoms with van der Waals surface area (Å²) in [5, 5.41) is 18.3. The lowest BCUT2D eigenvalue weighted by atomic mass is 9.47. The van der Waals surface area contributed by atoms with Gasteiger partial charge in [0.25, 0.3) is 5.91 Å². The second-order valence-electron chi connectivity index (χ2n) is 15.3. The summed E-state index contributed by atoms with van der Waals surface area (Å²) in [7, 11) is 0. The summed E-state index contributed by atoms with van der Waals surface area (Å²) in [5.74, 6) is 1.98. The Morgan fingerprint density at radius 3 is 2.62 bits per heavy atom. The minimum atomic E-state index is -0.183. The van der Waals surface area contributed by atoms with Gasteiger partial charge in [-0.1, -0.05) is 54.9 Å². The average Bonchev–Trinajstić information content (AvgIpc) is 3.27. The maximum Gasteiger partial charge on any atom is 0.260 e. The largest absolute Gasteiger partial charge is 0.393 e. The predicted molar refractivity (Wildman–Crippen MR) is 166 cm³/mol. The Morgan fingerprint density at radius 2 is 1.83 bits per heavy atom. The fraction of sp³-hybridized carbons (Fsp3) is 0.722. The number of ether oxygens (including phenoxy) is 1. The van der Waals surface area contributed by atoms with Gasteiger partial charge in [-0.05, 0) is 125 Å². The molecule has 42 heavy (non-hydrogen) atoms. The van der Waals surface area contributed by atoms with Crippen LogP contribution in [0, 0.1) is 28.6 Å². The minimum absolute atomic E-state index is 0.00810. The van der Waals surface area contributed by atoms with Crippen LogP contribution in [0.4, 0.5) is 0 Å². The molecule has 6 rings (SSSR count). The molecule has 1 aromatic carbocycles. The highest BCUT2D eigenvalue weighted by molar-refractivity contribution is 5.96. The molecule has 0 aromatic heterocycles. The van der Waals surface area contributed by atoms with Crippen LogP contribution < -0.4 is 5.32 Å². The van der Waals surface area contributed by atoms with Gasteiger partial charge >= 0.3 is 0 Å². The van der Waals surface area contributed by atoms with Gasteiger partial charge in [0.2, 0.25) is 0 Å². The van der Waals surface area contributed by atoms with Crippen LogP contribution in [-0.2, 0) is 19.8 Å². The average molecular weight is 577 g/mol. The fourth-order valence-electron chi connectivity index (χ4n) is 10.2. The summed E-state index contributed by atoms with van der Waals surface area (Å²) in [6.07, 6.45) is 13.8. The molecular weight excluding hydrogens is 524 g/mol. The zero-order valence-corrected chi connectivity index (χ0v) is 26.3. The van der Waals surface area contributed by atoms with Crippen molar-refractivity contribution in [2.75, 3.05) is 19.8 Å². The van der Waals surface area contributed by atoms with Crippen molar-refractivity contribution < 1.29 is 19.5 Å². The van der Waals surface area contributed by atoms with E-state index in [0.717, 1.165) is 69.6 Å². The van der Waals surface area contributed by atoms with Crippen molar-refractivity contribution in [3.05, 3.63) is 47.5 Å². The molecule has 1 amide bonds. The Labute approximate surface area is 252 Å². The Balaban J connectivity index is 1.02. The molecule has 1 aliphatic heterocycles. The molecule has 0 spiro atoms. The molecule has 1 aromatic rings. The van der Waals surface area contributed by atoms with Crippen LogP contribution in [0.25, 0.3) is 0 Å². The summed E-state index contributed by atoms with van der Waals surface area (Å²) in [5.41, 5.74) is 3.98. The van der Waals surface area contributed by atoms with Gasteiger partial charge in [0.15, 0.2) is 6.61 Å². The number of hydrogen-bond acceptors (Lipinski definition) is 5. The summed E-state index contributed by atoms with van der Waals surface area (Å²) in [6.45, 7) is 10.4. The van der Waals surface area contributed by atoms with Gasteiger partial charge in [0.05, 0.1) is 17.4 Å². The predicted octanol–water partition coefficient (Wildman–Crippen LogP) is 6.72. The first-order valence-corrected chi connectivity index (χ1v) is 16.6. The number of fused-ring (bicyclic) bond motifs is 5. The fourth-order valence-corrected chi connectivity index (χ4v) is 10.2. The van der Waals surface area contributed by atoms with Gasteiger partial charge in [-0.15, -0.1) is 0 Å². The molecule has 7 atom stereocenters. The summed E-state index contributed by atoms with van der Waals surface area (Å²) >= 11 is 0. The molecule has 6 heteroatoms. The lowest BCUT2D eigenvalue weighted by Crippen LogP contribution is -2.51. The number of aliphatic hydroxyl groups excluding tert-OH is 1. The van der Waals surface area contributed by atoms with E-state index in [1.807, 2.05) is 0 Å². The van der Waals surface area contributed by atoms with Gasteiger partial charge in [-0.25, -0.2) is 0 Å². The third kappa shape index (κ3) is 5.47. The van der Waals surface area contributed by atoms with Crippen molar-refractivity contribution >= 4 is 11.6 Å². The van der Waals surface area contributed by atoms with E-state index in [9.17, 15) is 9.90 Å². The van der Waals surface area contributed by atoms with E-state index in [2.05, 4.69) is 74.6 Å². The molecule has 0 bridgehead atoms. The molecular formula is C36H52N2O4. The highest BCUT2D eigenvalue weighted by atomic mass is 16.6. The molecule has 230 valence electrons. The zero-order valence-electron chi connectivity index (χ0n) is 26.3. The summed E-state index contributed by atoms with van der Waals surface area (Å²) < 4.78 is 6.03. The van der Waals surface area contributed by atoms with Gasteiger partial charge < -0.3 is 20.0 Å². The lowest BCUT2D eigenvalue weighted by molar-refractivity contribution is -0.125. The second-order valence-corrected chi connectivity index (χ2v) is 15.3. The minimum Gasteiger partial charge on any atom is -0.393 e. The number of hydrogen-bond donors (Lipinski definition) is 2. The Morgan fingerprint density at radius 1 is 1.02 bits per heavy atom. The van der Waals surface area contributed by atoms with Gasteiger partial charge in [-0.3, -0.25) is 4.79 Å². The van der Waals surface area contributed by atoms with Crippen LogP contribution in [0.3, 0.4) is 0 Å². The molecule has 3 saturated carbocycles. The van der Waals surface area contributed by atoms with Gasteiger partial charge in [0.1, 0.15) is 0 Å². The first-order valence-electron chi connectivity index (χ1n) is 16.6. The molecule has 4 fully saturated rings. The van der Waals surface area contributed by atoms with E-state index in [-0.39, 0.29) is 40.5 Å². The van der Waals surface area contributed by atoms with Crippen LogP contribution in [0.5, 0.6) is 0 Å². The first kappa shape index (κ1) is 29.9. The molecule has 6 nitrogen and oxygen atoms in total. The number of oxime groups is 1. The number of nitrogens with one attached hydrogen (secondary N) is 1. The number of carbonyl (C=O) groups is 1. The van der Waals surface area contributed by atoms with Crippen molar-refractivity contribution in [1.29, 1.82) is 0 Å². The Kier molecular flexibility index (Phi) is 8.10. The van der Waals surface area contributed by atoms with E-state index < -0.39 is 0 Å². The maximum absolute atomic E-state index is 12.7. The molecule has 0 unspecified atom stereocenters. The number of aliphatic hydroxyl groups is 1. The maximum atomic E-state index is 12.7. The SMILES string of the molecule is CC1(C)C[C@](CCNC(=O)CON=C2C=C3CC[C@@H]4[C@@H]5CC[C@@H](O)[C@@]5(C)CC[C@@H]4[C@@]3(C)CC2)(c2ccccc2)CCO1. The number of allylic oxidation sites excluding steroid dienone is 2. The highest BCUT2D eigenvalue weighted by Crippen LogP contribution is 2.65. The third-order valence-corrected chi connectivity index (χ3v) is 12.5. The van der Waals surface area contributed by atoms with E-state index >= 15 is 0 Å². The molecule has 5 aliphatic rings. The summed E-state index contributed by atoms with van der Waals surface area (Å²) in [4.78, 5) is 18.3.